The van der Waals surface area contributed by atoms with Crippen LogP contribution in [0, 0.1) is 7.14 Å². The molecule has 0 spiro atoms. The van der Waals surface area contributed by atoms with Crippen molar-refractivity contribution < 1.29 is 23.8 Å². The third-order valence-electron chi connectivity index (χ3n) is 5.07. The van der Waals surface area contributed by atoms with Crippen molar-refractivity contribution in [1.29, 1.82) is 0 Å². The summed E-state index contributed by atoms with van der Waals surface area (Å²) in [4.78, 5) is 25.2. The number of halogens is 2. The van der Waals surface area contributed by atoms with E-state index in [0.29, 0.717) is 40.1 Å². The van der Waals surface area contributed by atoms with E-state index < -0.39 is 17.9 Å². The summed E-state index contributed by atoms with van der Waals surface area (Å²) in [6, 6.07) is 10.4. The van der Waals surface area contributed by atoms with Crippen molar-refractivity contribution in [3.63, 3.8) is 0 Å². The number of hydrogen-bond donors (Lipinski definition) is 3. The fourth-order valence-corrected chi connectivity index (χ4v) is 5.90. The molecule has 37 heavy (non-hydrogen) atoms. The first kappa shape index (κ1) is 29.1. The Morgan fingerprint density at radius 3 is 2.65 bits per heavy atom. The second-order valence-electron chi connectivity index (χ2n) is 7.65. The maximum Gasteiger partial charge on any atom is 0.338 e. The van der Waals surface area contributed by atoms with Crippen molar-refractivity contribution in [3.8, 4) is 11.5 Å². The summed E-state index contributed by atoms with van der Waals surface area (Å²) in [5.74, 6) is 0.213. The van der Waals surface area contributed by atoms with Crippen LogP contribution >= 0.6 is 57.4 Å². The van der Waals surface area contributed by atoms with Crippen LogP contribution in [-0.2, 0) is 14.3 Å². The van der Waals surface area contributed by atoms with Crippen LogP contribution in [0.4, 0.5) is 0 Å². The van der Waals surface area contributed by atoms with Crippen LogP contribution in [0.1, 0.15) is 37.9 Å². The van der Waals surface area contributed by atoms with Gasteiger partial charge in [0.1, 0.15) is 11.5 Å². The average Bonchev–Trinajstić information content (AvgIpc) is 2.84. The number of carbonyl (C=O) groups is 2. The molecule has 0 aliphatic carbocycles. The molecule has 1 atom stereocenters. The lowest BCUT2D eigenvalue weighted by Gasteiger charge is -2.30. The molecule has 9 nitrogen and oxygen atoms in total. The lowest BCUT2D eigenvalue weighted by atomic mass is 9.95. The summed E-state index contributed by atoms with van der Waals surface area (Å²) < 4.78 is 18.8. The van der Waals surface area contributed by atoms with Gasteiger partial charge in [0, 0.05) is 20.4 Å². The van der Waals surface area contributed by atoms with E-state index in [1.54, 1.807) is 38.3 Å². The number of nitrogens with zero attached hydrogens (tertiary/aromatic N) is 1. The first-order valence-electron chi connectivity index (χ1n) is 11.4. The van der Waals surface area contributed by atoms with E-state index in [1.807, 2.05) is 25.1 Å². The van der Waals surface area contributed by atoms with Gasteiger partial charge < -0.3 is 24.8 Å². The Labute approximate surface area is 248 Å². The van der Waals surface area contributed by atoms with Crippen LogP contribution in [0.3, 0.4) is 0 Å². The van der Waals surface area contributed by atoms with Gasteiger partial charge in [-0.15, -0.1) is 0 Å². The van der Waals surface area contributed by atoms with E-state index in [0.717, 1.165) is 12.7 Å². The van der Waals surface area contributed by atoms with Crippen LogP contribution < -0.4 is 25.5 Å². The summed E-state index contributed by atoms with van der Waals surface area (Å²) in [7, 11) is 0. The number of hydrazone groups is 1. The number of ether oxygens (including phenoxy) is 3. The number of benzene rings is 2. The second kappa shape index (κ2) is 13.9. The maximum atomic E-state index is 12.7. The summed E-state index contributed by atoms with van der Waals surface area (Å²) in [6.07, 6.45) is 1.54. The Kier molecular flexibility index (Phi) is 10.9. The molecule has 3 N–H and O–H groups in total. The van der Waals surface area contributed by atoms with Gasteiger partial charge in [0.2, 0.25) is 0 Å². The molecule has 0 aromatic heterocycles. The minimum Gasteiger partial charge on any atom is -0.492 e. The van der Waals surface area contributed by atoms with E-state index in [9.17, 15) is 9.59 Å². The Bertz CT molecular complexity index is 1250. The van der Waals surface area contributed by atoms with Gasteiger partial charge in [-0.2, -0.15) is 5.10 Å². The molecule has 196 valence electrons. The molecule has 2 aromatic rings. The van der Waals surface area contributed by atoms with Crippen molar-refractivity contribution >= 4 is 80.6 Å². The zero-order valence-electron chi connectivity index (χ0n) is 20.4. The molecule has 0 unspecified atom stereocenters. The highest BCUT2D eigenvalue weighted by atomic mass is 127. The predicted molar refractivity (Wildman–Crippen MR) is 162 cm³/mol. The second-order valence-corrected chi connectivity index (χ2v) is 10.5. The van der Waals surface area contributed by atoms with Crippen LogP contribution in [0.15, 0.2) is 52.8 Å². The lowest BCUT2D eigenvalue weighted by molar-refractivity contribution is -0.139. The molecule has 0 fully saturated rings. The SMILES string of the molecule is CCOC(=O)C1=C(C)NC(=S)N[C@@H]1c1ccccc1OCC(=O)NN=Cc1cc(I)cc(I)c1OCC. The van der Waals surface area contributed by atoms with Gasteiger partial charge in [-0.25, -0.2) is 10.2 Å². The highest BCUT2D eigenvalue weighted by molar-refractivity contribution is 14.1. The predicted octanol–water partition coefficient (Wildman–Crippen LogP) is 4.18. The molecule has 3 rings (SSSR count). The normalized spacial score (nSPS) is 15.2. The standard InChI is InChI=1S/C25H26I2N4O5S/c1-4-34-23-15(10-16(26)11-18(23)27)12-28-31-20(32)13-36-19-9-7-6-8-17(19)22-21(24(33)35-5-2)14(3)29-25(37)30-22/h6-12,22H,4-5,13H2,1-3H3,(H,31,32)(H2,29,30,37)/t22-/m1/s1. The quantitative estimate of drug-likeness (QED) is 0.109. The molecule has 1 aliphatic rings. The minimum atomic E-state index is -0.606. The number of nitrogens with one attached hydrogen (secondary N) is 3. The van der Waals surface area contributed by atoms with Crippen molar-refractivity contribution in [2.75, 3.05) is 19.8 Å². The molecular weight excluding hydrogens is 722 g/mol. The summed E-state index contributed by atoms with van der Waals surface area (Å²) >= 11 is 9.73. The van der Waals surface area contributed by atoms with Crippen molar-refractivity contribution in [2.45, 2.75) is 26.8 Å². The van der Waals surface area contributed by atoms with Gasteiger partial charge in [-0.3, -0.25) is 4.79 Å². The molecule has 2 aromatic carbocycles. The molecular formula is C25H26I2N4O5S. The molecule has 1 aliphatic heterocycles. The van der Waals surface area contributed by atoms with Gasteiger partial charge in [-0.1, -0.05) is 18.2 Å². The number of para-hydroxylation sites is 1. The van der Waals surface area contributed by atoms with Crippen LogP contribution in [-0.4, -0.2) is 43.0 Å². The summed E-state index contributed by atoms with van der Waals surface area (Å²) in [5, 5.41) is 10.5. The first-order valence-corrected chi connectivity index (χ1v) is 13.9. The zero-order valence-corrected chi connectivity index (χ0v) is 25.5. The van der Waals surface area contributed by atoms with Crippen molar-refractivity contribution in [2.24, 2.45) is 5.10 Å². The van der Waals surface area contributed by atoms with Gasteiger partial charge in [0.05, 0.1) is 34.6 Å². The Balaban J connectivity index is 1.73. The Hall–Kier alpha value is -2.46. The van der Waals surface area contributed by atoms with Gasteiger partial charge >= 0.3 is 5.97 Å². The number of hydrogen-bond acceptors (Lipinski definition) is 7. The number of allylic oxidation sites excluding steroid dienone is 1. The summed E-state index contributed by atoms with van der Waals surface area (Å²) in [5.41, 5.74) is 4.85. The van der Waals surface area contributed by atoms with Crippen LogP contribution in [0.2, 0.25) is 0 Å². The highest BCUT2D eigenvalue weighted by Crippen LogP contribution is 2.33. The molecule has 0 radical (unpaired) electrons. The van der Waals surface area contributed by atoms with Crippen molar-refractivity contribution in [1.82, 2.24) is 16.1 Å². The highest BCUT2D eigenvalue weighted by Gasteiger charge is 2.32. The fraction of sp³-hybridized carbons (Fsp3) is 0.280. The fourth-order valence-electron chi connectivity index (χ4n) is 3.58. The number of rotatable bonds is 10. The van der Waals surface area contributed by atoms with Gasteiger partial charge in [0.25, 0.3) is 5.91 Å². The minimum absolute atomic E-state index is 0.235. The maximum absolute atomic E-state index is 12.7. The van der Waals surface area contributed by atoms with E-state index in [4.69, 9.17) is 26.4 Å². The molecule has 1 amide bonds. The first-order chi connectivity index (χ1) is 17.7. The van der Waals surface area contributed by atoms with Gasteiger partial charge in [-0.05, 0) is 96.4 Å². The average molecular weight is 748 g/mol. The third-order valence-corrected chi connectivity index (χ3v) is 6.72. The van der Waals surface area contributed by atoms with Crippen molar-refractivity contribution in [3.05, 3.63) is 65.9 Å². The summed E-state index contributed by atoms with van der Waals surface area (Å²) in [6.45, 7) is 5.87. The molecule has 0 saturated heterocycles. The van der Waals surface area contributed by atoms with E-state index in [-0.39, 0.29) is 13.2 Å². The zero-order chi connectivity index (χ0) is 26.9. The largest absolute Gasteiger partial charge is 0.492 e. The molecule has 12 heteroatoms. The number of esters is 1. The van der Waals surface area contributed by atoms with Gasteiger partial charge in [0.15, 0.2) is 11.7 Å². The Morgan fingerprint density at radius 1 is 1.16 bits per heavy atom. The van der Waals surface area contributed by atoms with E-state index >= 15 is 0 Å². The number of amides is 1. The van der Waals surface area contributed by atoms with E-state index in [1.165, 1.54) is 0 Å². The van der Waals surface area contributed by atoms with Crippen LogP contribution in [0.5, 0.6) is 11.5 Å². The topological polar surface area (TPSA) is 110 Å². The smallest absolute Gasteiger partial charge is 0.338 e. The Morgan fingerprint density at radius 2 is 1.92 bits per heavy atom. The lowest BCUT2D eigenvalue weighted by Crippen LogP contribution is -2.45. The third kappa shape index (κ3) is 7.77. The van der Waals surface area contributed by atoms with E-state index in [2.05, 4.69) is 66.3 Å². The van der Waals surface area contributed by atoms with Crippen LogP contribution in [0.25, 0.3) is 0 Å². The molecule has 0 bridgehead atoms. The molecule has 0 saturated carbocycles. The molecule has 1 heterocycles. The monoisotopic (exact) mass is 748 g/mol. The number of thiocarbonyl (C=S) groups is 1. The number of carbonyl (C=O) groups excluding carboxylic acids is 2.